The highest BCUT2D eigenvalue weighted by Gasteiger charge is 2.23. The smallest absolute Gasteiger partial charge is 0.0438 e. The summed E-state index contributed by atoms with van der Waals surface area (Å²) in [6.07, 6.45) is 4.64. The van der Waals surface area contributed by atoms with Gasteiger partial charge in [-0.25, -0.2) is 0 Å². The summed E-state index contributed by atoms with van der Waals surface area (Å²) >= 11 is 12.2. The largest absolute Gasteiger partial charge is 0.123 e. The lowest BCUT2D eigenvalue weighted by Crippen LogP contribution is -2.00. The second kappa shape index (κ2) is 4.55. The maximum atomic E-state index is 6.11. The van der Waals surface area contributed by atoms with E-state index in [-0.39, 0.29) is 0 Å². The van der Waals surface area contributed by atoms with Gasteiger partial charge in [0, 0.05) is 10.4 Å². The monoisotopic (exact) mass is 228 g/mol. The third-order valence-corrected chi connectivity index (χ3v) is 3.71. The van der Waals surface area contributed by atoms with Crippen LogP contribution in [0.5, 0.6) is 0 Å². The lowest BCUT2D eigenvalue weighted by molar-refractivity contribution is 0.547. The molecular formula is C12H14Cl2. The fraction of sp³-hybridized carbons (Fsp3) is 0.500. The summed E-state index contributed by atoms with van der Waals surface area (Å²) in [5.74, 6) is 0.734. The fourth-order valence-electron chi connectivity index (χ4n) is 2.17. The Morgan fingerprint density at radius 2 is 2.00 bits per heavy atom. The highest BCUT2D eigenvalue weighted by molar-refractivity contribution is 6.31. The van der Waals surface area contributed by atoms with E-state index in [2.05, 4.69) is 6.07 Å². The van der Waals surface area contributed by atoms with E-state index in [1.54, 1.807) is 0 Å². The first-order valence-electron chi connectivity index (χ1n) is 5.13. The number of hydrogen-bond acceptors (Lipinski definition) is 0. The molecule has 0 N–H and O–H groups in total. The number of rotatable bonds is 2. The van der Waals surface area contributed by atoms with Gasteiger partial charge in [-0.15, -0.1) is 11.6 Å². The van der Waals surface area contributed by atoms with Gasteiger partial charge in [-0.05, 0) is 43.2 Å². The molecule has 1 aromatic carbocycles. The molecule has 2 atom stereocenters. The van der Waals surface area contributed by atoms with E-state index in [0.717, 1.165) is 30.2 Å². The van der Waals surface area contributed by atoms with Crippen molar-refractivity contribution in [1.82, 2.24) is 0 Å². The van der Waals surface area contributed by atoms with Crippen molar-refractivity contribution in [1.29, 1.82) is 0 Å². The Balaban J connectivity index is 2.01. The van der Waals surface area contributed by atoms with Gasteiger partial charge < -0.3 is 0 Å². The zero-order valence-electron chi connectivity index (χ0n) is 8.05. The molecule has 0 saturated heterocycles. The van der Waals surface area contributed by atoms with Gasteiger partial charge in [0.1, 0.15) is 0 Å². The lowest BCUT2D eigenvalue weighted by atomic mass is 9.98. The third kappa shape index (κ3) is 2.43. The van der Waals surface area contributed by atoms with Crippen LogP contribution in [-0.4, -0.2) is 5.38 Å². The highest BCUT2D eigenvalue weighted by Crippen LogP contribution is 2.33. The number of alkyl halides is 1. The summed E-state index contributed by atoms with van der Waals surface area (Å²) in [5, 5.41) is 1.29. The second-order valence-electron chi connectivity index (χ2n) is 4.07. The molecule has 0 bridgehead atoms. The highest BCUT2D eigenvalue weighted by atomic mass is 35.5. The van der Waals surface area contributed by atoms with Gasteiger partial charge >= 0.3 is 0 Å². The number of hydrogen-bond donors (Lipinski definition) is 0. The third-order valence-electron chi connectivity index (χ3n) is 2.94. The molecule has 14 heavy (non-hydrogen) atoms. The van der Waals surface area contributed by atoms with Crippen LogP contribution in [0.2, 0.25) is 5.02 Å². The molecule has 0 aromatic heterocycles. The molecule has 2 heteroatoms. The van der Waals surface area contributed by atoms with E-state index in [9.17, 15) is 0 Å². The summed E-state index contributed by atoms with van der Waals surface area (Å²) in [6, 6.07) is 8.10. The predicted molar refractivity (Wildman–Crippen MR) is 62.1 cm³/mol. The van der Waals surface area contributed by atoms with Crippen molar-refractivity contribution >= 4 is 23.2 Å². The Labute approximate surface area is 95.2 Å². The van der Waals surface area contributed by atoms with Crippen LogP contribution in [0.25, 0.3) is 0 Å². The predicted octanol–water partition coefficient (Wildman–Crippen LogP) is 4.29. The molecule has 76 valence electrons. The van der Waals surface area contributed by atoms with Crippen LogP contribution in [-0.2, 0) is 6.42 Å². The Morgan fingerprint density at radius 3 is 2.64 bits per heavy atom. The zero-order chi connectivity index (χ0) is 9.97. The molecule has 0 spiro atoms. The summed E-state index contributed by atoms with van der Waals surface area (Å²) in [5.41, 5.74) is 1.27. The standard InChI is InChI=1S/C12H14Cl2/c13-11-6-5-9(8-11)7-10-3-1-2-4-12(10)14/h1-4,9,11H,5-8H2. The Bertz CT molecular complexity index is 309. The van der Waals surface area contributed by atoms with Gasteiger partial charge in [0.25, 0.3) is 0 Å². The maximum absolute atomic E-state index is 6.11. The first-order valence-corrected chi connectivity index (χ1v) is 5.94. The molecule has 0 amide bonds. The van der Waals surface area contributed by atoms with Crippen LogP contribution in [0.3, 0.4) is 0 Å². The molecular weight excluding hydrogens is 215 g/mol. The molecule has 0 aliphatic heterocycles. The van der Waals surface area contributed by atoms with Crippen LogP contribution in [0.4, 0.5) is 0 Å². The van der Waals surface area contributed by atoms with Crippen LogP contribution >= 0.6 is 23.2 Å². The minimum absolute atomic E-state index is 0.391. The Morgan fingerprint density at radius 1 is 1.21 bits per heavy atom. The van der Waals surface area contributed by atoms with E-state index in [4.69, 9.17) is 23.2 Å². The van der Waals surface area contributed by atoms with Crippen molar-refractivity contribution in [2.24, 2.45) is 5.92 Å². The van der Waals surface area contributed by atoms with Gasteiger partial charge in [0.2, 0.25) is 0 Å². The minimum Gasteiger partial charge on any atom is -0.123 e. The topological polar surface area (TPSA) is 0 Å². The van der Waals surface area contributed by atoms with Crippen molar-refractivity contribution in [3.63, 3.8) is 0 Å². The molecule has 2 unspecified atom stereocenters. The normalized spacial score (nSPS) is 26.7. The van der Waals surface area contributed by atoms with Crippen LogP contribution in [0.1, 0.15) is 24.8 Å². The molecule has 1 fully saturated rings. The minimum atomic E-state index is 0.391. The maximum Gasteiger partial charge on any atom is 0.0438 e. The Kier molecular flexibility index (Phi) is 3.35. The van der Waals surface area contributed by atoms with E-state index < -0.39 is 0 Å². The quantitative estimate of drug-likeness (QED) is 0.663. The number of halogens is 2. The average molecular weight is 229 g/mol. The summed E-state index contributed by atoms with van der Waals surface area (Å²) in [6.45, 7) is 0. The van der Waals surface area contributed by atoms with Crippen molar-refractivity contribution in [2.75, 3.05) is 0 Å². The molecule has 0 radical (unpaired) electrons. The Hall–Kier alpha value is -0.200. The van der Waals surface area contributed by atoms with E-state index in [1.165, 1.54) is 12.0 Å². The van der Waals surface area contributed by atoms with Crippen LogP contribution < -0.4 is 0 Å². The van der Waals surface area contributed by atoms with Crippen molar-refractivity contribution in [3.8, 4) is 0 Å². The molecule has 0 heterocycles. The van der Waals surface area contributed by atoms with Gasteiger partial charge in [0.05, 0.1) is 0 Å². The van der Waals surface area contributed by atoms with Gasteiger partial charge in [-0.1, -0.05) is 29.8 Å². The van der Waals surface area contributed by atoms with Crippen molar-refractivity contribution < 1.29 is 0 Å². The lowest BCUT2D eigenvalue weighted by Gasteiger charge is -2.10. The summed E-state index contributed by atoms with van der Waals surface area (Å²) < 4.78 is 0. The van der Waals surface area contributed by atoms with Crippen molar-refractivity contribution in [2.45, 2.75) is 31.1 Å². The fourth-order valence-corrected chi connectivity index (χ4v) is 2.77. The molecule has 2 rings (SSSR count). The average Bonchev–Trinajstić information content (AvgIpc) is 2.56. The molecule has 1 aromatic rings. The first-order chi connectivity index (χ1) is 6.75. The molecule has 1 aliphatic rings. The van der Waals surface area contributed by atoms with Gasteiger partial charge in [-0.3, -0.25) is 0 Å². The summed E-state index contributed by atoms with van der Waals surface area (Å²) in [4.78, 5) is 0. The zero-order valence-corrected chi connectivity index (χ0v) is 9.56. The van der Waals surface area contributed by atoms with Crippen LogP contribution in [0.15, 0.2) is 24.3 Å². The molecule has 0 nitrogen and oxygen atoms in total. The van der Waals surface area contributed by atoms with E-state index in [1.807, 2.05) is 18.2 Å². The molecule has 1 aliphatic carbocycles. The van der Waals surface area contributed by atoms with E-state index >= 15 is 0 Å². The van der Waals surface area contributed by atoms with E-state index in [0.29, 0.717) is 5.38 Å². The SMILES string of the molecule is Clc1ccccc1CC1CCC(Cl)C1. The first kappa shape index (κ1) is 10.3. The van der Waals surface area contributed by atoms with Crippen LogP contribution in [0, 0.1) is 5.92 Å². The van der Waals surface area contributed by atoms with Gasteiger partial charge in [-0.2, -0.15) is 0 Å². The summed E-state index contributed by atoms with van der Waals surface area (Å²) in [7, 11) is 0. The molecule has 1 saturated carbocycles. The van der Waals surface area contributed by atoms with Crippen molar-refractivity contribution in [3.05, 3.63) is 34.9 Å². The second-order valence-corrected chi connectivity index (χ2v) is 5.10. The number of benzene rings is 1. The van der Waals surface area contributed by atoms with Gasteiger partial charge in [0.15, 0.2) is 0 Å².